The first-order chi connectivity index (χ1) is 12.5. The lowest BCUT2D eigenvalue weighted by Gasteiger charge is -2.29. The van der Waals surface area contributed by atoms with E-state index in [1.165, 1.54) is 103 Å². The molecule has 26 heavy (non-hydrogen) atoms. The lowest BCUT2D eigenvalue weighted by atomic mass is 10.0. The highest BCUT2D eigenvalue weighted by atomic mass is 16.1. The molecule has 0 aliphatic rings. The quantitative estimate of drug-likeness (QED) is 0.128. The molecule has 0 rings (SSSR count). The van der Waals surface area contributed by atoms with Crippen molar-refractivity contribution in [3.8, 4) is 0 Å². The van der Waals surface area contributed by atoms with Crippen LogP contribution in [0.3, 0.4) is 0 Å². The predicted molar refractivity (Wildman–Crippen MR) is 117 cm³/mol. The molecule has 0 aromatic heterocycles. The van der Waals surface area contributed by atoms with Crippen LogP contribution in [0.5, 0.6) is 0 Å². The Morgan fingerprint density at radius 3 is 1.50 bits per heavy atom. The van der Waals surface area contributed by atoms with Crippen LogP contribution in [0.25, 0.3) is 0 Å². The van der Waals surface area contributed by atoms with Crippen LogP contribution in [0.2, 0.25) is 0 Å². The molecule has 0 bridgehead atoms. The van der Waals surface area contributed by atoms with Gasteiger partial charge in [0.25, 0.3) is 0 Å². The van der Waals surface area contributed by atoms with Crippen LogP contribution in [-0.2, 0) is 4.79 Å². The Morgan fingerprint density at radius 2 is 1.08 bits per heavy atom. The van der Waals surface area contributed by atoms with E-state index in [2.05, 4.69) is 27.6 Å². The molecule has 0 aromatic rings. The molecule has 0 heterocycles. The van der Waals surface area contributed by atoms with Crippen molar-refractivity contribution < 1.29 is 9.28 Å². The van der Waals surface area contributed by atoms with Gasteiger partial charge in [0.2, 0.25) is 0 Å². The normalized spacial score (nSPS) is 11.7. The van der Waals surface area contributed by atoms with Crippen molar-refractivity contribution >= 4 is 5.78 Å². The third kappa shape index (κ3) is 18.2. The first kappa shape index (κ1) is 25.4. The minimum Gasteiger partial charge on any atom is -0.328 e. The number of hydrogen-bond acceptors (Lipinski definition) is 1. The number of allylic oxidation sites excluding steroid dienone is 1. The Balaban J connectivity index is 3.31. The van der Waals surface area contributed by atoms with Gasteiger partial charge in [0.1, 0.15) is 0 Å². The van der Waals surface area contributed by atoms with E-state index in [4.69, 9.17) is 0 Å². The zero-order valence-corrected chi connectivity index (χ0v) is 18.4. The molecule has 0 atom stereocenters. The summed E-state index contributed by atoms with van der Waals surface area (Å²) in [4.78, 5) is 11.3. The highest BCUT2D eigenvalue weighted by Crippen LogP contribution is 2.13. The van der Waals surface area contributed by atoms with Gasteiger partial charge < -0.3 is 4.48 Å². The van der Waals surface area contributed by atoms with E-state index in [1.807, 2.05) is 0 Å². The fraction of sp³-hybridized carbons (Fsp3) is 0.875. The number of carbonyl (C=O) groups excluding carboxylic acids is 1. The molecule has 0 spiro atoms. The summed E-state index contributed by atoms with van der Waals surface area (Å²) in [6, 6.07) is 0. The Hall–Kier alpha value is -0.630. The van der Waals surface area contributed by atoms with Crippen molar-refractivity contribution in [1.29, 1.82) is 0 Å². The van der Waals surface area contributed by atoms with Crippen LogP contribution in [0.4, 0.5) is 0 Å². The molecular weight excluding hydrogens is 318 g/mol. The van der Waals surface area contributed by atoms with E-state index >= 15 is 0 Å². The van der Waals surface area contributed by atoms with Crippen LogP contribution >= 0.6 is 0 Å². The molecule has 0 aliphatic carbocycles. The number of rotatable bonds is 20. The standard InChI is InChI=1S/C24H48NO/c1-5-7-8-9-10-11-12-13-14-15-16-17-18-19-22-25(3,4)23-20-21-24(26)6-2/h6H,2,5,7-23H2,1,3-4H3/q+1. The zero-order chi connectivity index (χ0) is 19.5. The topological polar surface area (TPSA) is 17.1 Å². The molecule has 2 nitrogen and oxygen atoms in total. The number of quaternary nitrogens is 1. The molecule has 0 saturated carbocycles. The van der Waals surface area contributed by atoms with E-state index in [0.29, 0.717) is 6.42 Å². The first-order valence-corrected chi connectivity index (χ1v) is 11.5. The Bertz CT molecular complexity index is 335. The van der Waals surface area contributed by atoms with E-state index in [9.17, 15) is 4.79 Å². The Morgan fingerprint density at radius 1 is 0.692 bits per heavy atom. The van der Waals surface area contributed by atoms with Gasteiger partial charge in [-0.2, -0.15) is 0 Å². The number of carbonyl (C=O) groups is 1. The van der Waals surface area contributed by atoms with Crippen LogP contribution < -0.4 is 0 Å². The number of nitrogens with zero attached hydrogens (tertiary/aromatic N) is 1. The molecule has 0 amide bonds. The highest BCUT2D eigenvalue weighted by Gasteiger charge is 2.14. The summed E-state index contributed by atoms with van der Waals surface area (Å²) in [5.74, 6) is 0.182. The van der Waals surface area contributed by atoms with Gasteiger partial charge >= 0.3 is 0 Å². The number of hydrogen-bond donors (Lipinski definition) is 0. The predicted octanol–water partition coefficient (Wildman–Crippen LogP) is 7.08. The lowest BCUT2D eigenvalue weighted by molar-refractivity contribution is -0.890. The lowest BCUT2D eigenvalue weighted by Crippen LogP contribution is -2.41. The van der Waals surface area contributed by atoms with Crippen LogP contribution in [-0.4, -0.2) is 37.5 Å². The van der Waals surface area contributed by atoms with E-state index < -0.39 is 0 Å². The summed E-state index contributed by atoms with van der Waals surface area (Å²) in [5, 5.41) is 0. The minimum absolute atomic E-state index is 0.182. The molecule has 0 saturated heterocycles. The van der Waals surface area contributed by atoms with Gasteiger partial charge in [-0.3, -0.25) is 4.79 Å². The summed E-state index contributed by atoms with van der Waals surface area (Å²) < 4.78 is 1.04. The van der Waals surface area contributed by atoms with Crippen molar-refractivity contribution in [2.45, 2.75) is 110 Å². The average Bonchev–Trinajstić information content (AvgIpc) is 2.61. The van der Waals surface area contributed by atoms with Gasteiger partial charge in [0.05, 0.1) is 27.2 Å². The molecule has 0 unspecified atom stereocenters. The number of ketones is 1. The molecule has 0 aromatic carbocycles. The van der Waals surface area contributed by atoms with Crippen molar-refractivity contribution in [1.82, 2.24) is 0 Å². The van der Waals surface area contributed by atoms with E-state index in [0.717, 1.165) is 17.4 Å². The van der Waals surface area contributed by atoms with E-state index in [1.54, 1.807) is 0 Å². The first-order valence-electron chi connectivity index (χ1n) is 11.5. The second kappa shape index (κ2) is 17.8. The van der Waals surface area contributed by atoms with Crippen LogP contribution in [0.1, 0.15) is 110 Å². The fourth-order valence-electron chi connectivity index (χ4n) is 3.63. The summed E-state index contributed by atoms with van der Waals surface area (Å²) in [7, 11) is 4.58. The summed E-state index contributed by atoms with van der Waals surface area (Å²) in [5.41, 5.74) is 0. The average molecular weight is 367 g/mol. The maximum absolute atomic E-state index is 11.3. The smallest absolute Gasteiger partial charge is 0.155 e. The molecule has 154 valence electrons. The Kier molecular flexibility index (Phi) is 17.3. The number of unbranched alkanes of at least 4 members (excludes halogenated alkanes) is 13. The van der Waals surface area contributed by atoms with Gasteiger partial charge in [-0.1, -0.05) is 90.6 Å². The van der Waals surface area contributed by atoms with Crippen molar-refractivity contribution in [3.63, 3.8) is 0 Å². The molecule has 0 N–H and O–H groups in total. The second-order valence-corrected chi connectivity index (χ2v) is 8.75. The largest absolute Gasteiger partial charge is 0.328 e. The van der Waals surface area contributed by atoms with Gasteiger partial charge in [-0.15, -0.1) is 0 Å². The van der Waals surface area contributed by atoms with Crippen molar-refractivity contribution in [2.24, 2.45) is 0 Å². The molecule has 0 fully saturated rings. The van der Waals surface area contributed by atoms with Crippen molar-refractivity contribution in [3.05, 3.63) is 12.7 Å². The van der Waals surface area contributed by atoms with Gasteiger partial charge in [0.15, 0.2) is 5.78 Å². The summed E-state index contributed by atoms with van der Waals surface area (Å²) in [6.45, 7) is 8.16. The van der Waals surface area contributed by atoms with Gasteiger partial charge in [-0.05, 0) is 18.9 Å². The molecule has 0 radical (unpaired) electrons. The van der Waals surface area contributed by atoms with Crippen LogP contribution in [0, 0.1) is 0 Å². The Labute approximate surface area is 165 Å². The SMILES string of the molecule is C=CC(=O)CCC[N+](C)(C)CCCCCCCCCCCCCCCC. The zero-order valence-electron chi connectivity index (χ0n) is 18.4. The summed E-state index contributed by atoms with van der Waals surface area (Å²) in [6.07, 6.45) is 22.9. The maximum atomic E-state index is 11.3. The minimum atomic E-state index is 0.182. The van der Waals surface area contributed by atoms with Crippen LogP contribution in [0.15, 0.2) is 12.7 Å². The van der Waals surface area contributed by atoms with E-state index in [-0.39, 0.29) is 5.78 Å². The molecular formula is C24H48NO+. The van der Waals surface area contributed by atoms with Crippen molar-refractivity contribution in [2.75, 3.05) is 27.2 Å². The summed E-state index contributed by atoms with van der Waals surface area (Å²) >= 11 is 0. The monoisotopic (exact) mass is 366 g/mol. The molecule has 0 aliphatic heterocycles. The van der Waals surface area contributed by atoms with Gasteiger partial charge in [0, 0.05) is 12.8 Å². The fourth-order valence-corrected chi connectivity index (χ4v) is 3.63. The van der Waals surface area contributed by atoms with Gasteiger partial charge in [-0.25, -0.2) is 0 Å². The third-order valence-electron chi connectivity index (χ3n) is 5.53. The molecule has 2 heteroatoms. The maximum Gasteiger partial charge on any atom is 0.155 e. The highest BCUT2D eigenvalue weighted by molar-refractivity contribution is 5.88. The second-order valence-electron chi connectivity index (χ2n) is 8.75. The third-order valence-corrected chi connectivity index (χ3v) is 5.53.